The summed E-state index contributed by atoms with van der Waals surface area (Å²) in [4.78, 5) is 16.1. The van der Waals surface area contributed by atoms with Crippen LogP contribution in [0.2, 0.25) is 5.02 Å². The number of hydrogen-bond donors (Lipinski definition) is 2. The summed E-state index contributed by atoms with van der Waals surface area (Å²) in [6.07, 6.45) is 0. The third kappa shape index (κ3) is 2.01. The lowest BCUT2D eigenvalue weighted by atomic mass is 10.2. The average molecular weight is 267 g/mol. The van der Waals surface area contributed by atoms with Crippen LogP contribution in [0.15, 0.2) is 18.2 Å². The van der Waals surface area contributed by atoms with Crippen LogP contribution in [0, 0.1) is 0 Å². The van der Waals surface area contributed by atoms with Gasteiger partial charge in [0.2, 0.25) is 11.9 Å². The summed E-state index contributed by atoms with van der Waals surface area (Å²) in [7, 11) is 0. The molecule has 1 amide bonds. The van der Waals surface area contributed by atoms with E-state index in [9.17, 15) is 4.79 Å². The lowest BCUT2D eigenvalue weighted by Crippen LogP contribution is -2.31. The number of nitrogen functional groups attached to an aromatic ring is 1. The molecular weight excluding hydrogens is 252 g/mol. The Balaban J connectivity index is 2.56. The maximum absolute atomic E-state index is 11.9. The van der Waals surface area contributed by atoms with E-state index in [1.54, 1.807) is 23.6 Å². The van der Waals surface area contributed by atoms with E-state index in [0.717, 1.165) is 0 Å². The number of rotatable bonds is 3. The molecule has 96 valence electrons. The van der Waals surface area contributed by atoms with Gasteiger partial charge in [0, 0.05) is 6.54 Å². The number of nitrogens with two attached hydrogens (primary N) is 1. The van der Waals surface area contributed by atoms with Crippen molar-refractivity contribution >= 4 is 34.5 Å². The SMILES string of the molecule is CCNC(=O)C(C)n1c(N)nc2cccc(Cl)c21. The van der Waals surface area contributed by atoms with Crippen LogP contribution in [-0.4, -0.2) is 22.0 Å². The molecule has 0 aliphatic carbocycles. The molecule has 2 rings (SSSR count). The van der Waals surface area contributed by atoms with Crippen LogP contribution in [0.5, 0.6) is 0 Å². The number of nitrogens with one attached hydrogen (secondary N) is 1. The lowest BCUT2D eigenvalue weighted by molar-refractivity contribution is -0.123. The molecule has 5 nitrogen and oxygen atoms in total. The number of amides is 1. The Morgan fingerprint density at radius 3 is 3.00 bits per heavy atom. The molecule has 6 heteroatoms. The Morgan fingerprint density at radius 1 is 1.61 bits per heavy atom. The normalized spacial score (nSPS) is 12.6. The van der Waals surface area contributed by atoms with Crippen molar-refractivity contribution in [3.8, 4) is 0 Å². The highest BCUT2D eigenvalue weighted by molar-refractivity contribution is 6.35. The third-order valence-corrected chi connectivity index (χ3v) is 3.11. The number of aromatic nitrogens is 2. The quantitative estimate of drug-likeness (QED) is 0.892. The smallest absolute Gasteiger partial charge is 0.242 e. The topological polar surface area (TPSA) is 72.9 Å². The maximum atomic E-state index is 11.9. The number of likely N-dealkylation sites (N-methyl/N-ethyl adjacent to an activating group) is 1. The van der Waals surface area contributed by atoms with Gasteiger partial charge in [0.05, 0.1) is 16.1 Å². The van der Waals surface area contributed by atoms with Crippen molar-refractivity contribution in [1.29, 1.82) is 0 Å². The van der Waals surface area contributed by atoms with Gasteiger partial charge in [-0.2, -0.15) is 0 Å². The van der Waals surface area contributed by atoms with E-state index < -0.39 is 6.04 Å². The second-order valence-electron chi connectivity index (χ2n) is 4.02. The minimum absolute atomic E-state index is 0.108. The Hall–Kier alpha value is -1.75. The Bertz CT molecular complexity index is 593. The van der Waals surface area contributed by atoms with Gasteiger partial charge in [0.15, 0.2) is 0 Å². The number of para-hydroxylation sites is 1. The zero-order valence-corrected chi connectivity index (χ0v) is 11.0. The summed E-state index contributed by atoms with van der Waals surface area (Å²) in [5, 5.41) is 3.29. The van der Waals surface area contributed by atoms with Gasteiger partial charge in [-0.3, -0.25) is 9.36 Å². The number of halogens is 1. The van der Waals surface area contributed by atoms with E-state index in [-0.39, 0.29) is 11.9 Å². The Labute approximate surface area is 110 Å². The first-order valence-corrected chi connectivity index (χ1v) is 6.13. The first kappa shape index (κ1) is 12.7. The fraction of sp³-hybridized carbons (Fsp3) is 0.333. The van der Waals surface area contributed by atoms with Gasteiger partial charge in [-0.1, -0.05) is 17.7 Å². The van der Waals surface area contributed by atoms with E-state index in [1.807, 2.05) is 13.0 Å². The number of hydrogen-bond acceptors (Lipinski definition) is 3. The third-order valence-electron chi connectivity index (χ3n) is 2.81. The van der Waals surface area contributed by atoms with Gasteiger partial charge in [-0.05, 0) is 26.0 Å². The number of anilines is 1. The van der Waals surface area contributed by atoms with Crippen LogP contribution in [0.25, 0.3) is 11.0 Å². The van der Waals surface area contributed by atoms with Crippen LogP contribution in [0.4, 0.5) is 5.95 Å². The minimum atomic E-state index is -0.449. The highest BCUT2D eigenvalue weighted by atomic mass is 35.5. The second-order valence-corrected chi connectivity index (χ2v) is 4.43. The molecule has 0 bridgehead atoms. The fourth-order valence-electron chi connectivity index (χ4n) is 1.96. The Morgan fingerprint density at radius 2 is 2.33 bits per heavy atom. The molecule has 0 saturated carbocycles. The summed E-state index contributed by atoms with van der Waals surface area (Å²) < 4.78 is 1.66. The molecule has 3 N–H and O–H groups in total. The van der Waals surface area contributed by atoms with Crippen molar-refractivity contribution in [2.24, 2.45) is 0 Å². The molecule has 1 aromatic carbocycles. The summed E-state index contributed by atoms with van der Waals surface area (Å²) in [6, 6.07) is 4.93. The average Bonchev–Trinajstić information content (AvgIpc) is 2.66. The Kier molecular flexibility index (Phi) is 3.43. The van der Waals surface area contributed by atoms with Gasteiger partial charge < -0.3 is 11.1 Å². The van der Waals surface area contributed by atoms with E-state index >= 15 is 0 Å². The fourth-order valence-corrected chi connectivity index (χ4v) is 2.22. The largest absolute Gasteiger partial charge is 0.369 e. The monoisotopic (exact) mass is 266 g/mol. The minimum Gasteiger partial charge on any atom is -0.369 e. The number of carbonyl (C=O) groups is 1. The van der Waals surface area contributed by atoms with Crippen LogP contribution in [-0.2, 0) is 4.79 Å². The summed E-state index contributed by atoms with van der Waals surface area (Å²) in [5.74, 6) is 0.181. The maximum Gasteiger partial charge on any atom is 0.242 e. The molecule has 0 saturated heterocycles. The molecule has 1 aromatic heterocycles. The molecule has 2 aromatic rings. The number of fused-ring (bicyclic) bond motifs is 1. The zero-order valence-electron chi connectivity index (χ0n) is 10.3. The molecule has 0 fully saturated rings. The van der Waals surface area contributed by atoms with Crippen molar-refractivity contribution in [2.75, 3.05) is 12.3 Å². The van der Waals surface area contributed by atoms with Gasteiger partial charge in [0.1, 0.15) is 6.04 Å². The van der Waals surface area contributed by atoms with Crippen LogP contribution in [0.3, 0.4) is 0 Å². The van der Waals surface area contributed by atoms with E-state index in [2.05, 4.69) is 10.3 Å². The molecule has 0 radical (unpaired) electrons. The van der Waals surface area contributed by atoms with Gasteiger partial charge >= 0.3 is 0 Å². The predicted molar refractivity (Wildman–Crippen MR) is 72.6 cm³/mol. The van der Waals surface area contributed by atoms with Gasteiger partial charge in [-0.15, -0.1) is 0 Å². The van der Waals surface area contributed by atoms with Gasteiger partial charge in [-0.25, -0.2) is 4.98 Å². The summed E-state index contributed by atoms with van der Waals surface area (Å²) in [5.41, 5.74) is 7.25. The zero-order chi connectivity index (χ0) is 13.3. The lowest BCUT2D eigenvalue weighted by Gasteiger charge is -2.15. The van der Waals surface area contributed by atoms with Crippen LogP contribution < -0.4 is 11.1 Å². The molecular formula is C12H15ClN4O. The van der Waals surface area contributed by atoms with Crippen LogP contribution >= 0.6 is 11.6 Å². The molecule has 1 unspecified atom stereocenters. The number of imidazole rings is 1. The van der Waals surface area contributed by atoms with Crippen molar-refractivity contribution in [3.05, 3.63) is 23.2 Å². The summed E-state index contributed by atoms with van der Waals surface area (Å²) >= 11 is 6.15. The highest BCUT2D eigenvalue weighted by Crippen LogP contribution is 2.28. The first-order valence-electron chi connectivity index (χ1n) is 5.76. The number of carbonyl (C=O) groups excluding carboxylic acids is 1. The van der Waals surface area contributed by atoms with E-state index in [1.165, 1.54) is 0 Å². The van der Waals surface area contributed by atoms with Crippen molar-refractivity contribution < 1.29 is 4.79 Å². The second kappa shape index (κ2) is 4.86. The number of benzene rings is 1. The molecule has 0 spiro atoms. The van der Waals surface area contributed by atoms with Crippen molar-refractivity contribution in [1.82, 2.24) is 14.9 Å². The summed E-state index contributed by atoms with van der Waals surface area (Å²) in [6.45, 7) is 4.21. The molecule has 1 atom stereocenters. The molecule has 0 aliphatic heterocycles. The van der Waals surface area contributed by atoms with Gasteiger partial charge in [0.25, 0.3) is 0 Å². The molecule has 18 heavy (non-hydrogen) atoms. The first-order chi connectivity index (χ1) is 8.56. The van der Waals surface area contributed by atoms with E-state index in [4.69, 9.17) is 17.3 Å². The van der Waals surface area contributed by atoms with Crippen molar-refractivity contribution in [2.45, 2.75) is 19.9 Å². The molecule has 0 aliphatic rings. The van der Waals surface area contributed by atoms with Crippen LogP contribution in [0.1, 0.15) is 19.9 Å². The van der Waals surface area contributed by atoms with Crippen molar-refractivity contribution in [3.63, 3.8) is 0 Å². The molecule has 1 heterocycles. The standard InChI is InChI=1S/C12H15ClN4O/c1-3-15-11(18)7(2)17-10-8(13)5-4-6-9(10)16-12(17)14/h4-7H,3H2,1-2H3,(H2,14,16)(H,15,18). The van der Waals surface area contributed by atoms with E-state index in [0.29, 0.717) is 22.6 Å². The predicted octanol–water partition coefficient (Wildman–Crippen LogP) is 1.97. The number of nitrogens with zero attached hydrogens (tertiary/aromatic N) is 2. The highest BCUT2D eigenvalue weighted by Gasteiger charge is 2.21.